The number of halogens is 2. The summed E-state index contributed by atoms with van der Waals surface area (Å²) in [5.41, 5.74) is 3.88. The second-order valence-electron chi connectivity index (χ2n) is 5.84. The van der Waals surface area contributed by atoms with Crippen molar-refractivity contribution in [2.45, 2.75) is 13.8 Å². The number of anilines is 2. The van der Waals surface area contributed by atoms with Crippen LogP contribution in [0.15, 0.2) is 47.8 Å². The quantitative estimate of drug-likeness (QED) is 0.463. The van der Waals surface area contributed by atoms with Gasteiger partial charge in [0, 0.05) is 16.6 Å². The van der Waals surface area contributed by atoms with Gasteiger partial charge >= 0.3 is 0 Å². The SMILES string of the molecule is Cc1cccc(Cl)c1Nc1c(-c2ccccc2F)nc2scc(C)n12. The zero-order valence-corrected chi connectivity index (χ0v) is 15.2. The molecule has 4 aromatic rings. The molecule has 0 atom stereocenters. The molecule has 2 aromatic carbocycles. The fourth-order valence-electron chi connectivity index (χ4n) is 2.86. The van der Waals surface area contributed by atoms with Gasteiger partial charge in [-0.3, -0.25) is 4.40 Å². The molecule has 0 aliphatic rings. The summed E-state index contributed by atoms with van der Waals surface area (Å²) in [5.74, 6) is 0.417. The van der Waals surface area contributed by atoms with Gasteiger partial charge in [-0.2, -0.15) is 0 Å². The van der Waals surface area contributed by atoms with E-state index in [0.29, 0.717) is 16.3 Å². The first kappa shape index (κ1) is 16.1. The molecule has 0 spiro atoms. The molecule has 3 nitrogen and oxygen atoms in total. The summed E-state index contributed by atoms with van der Waals surface area (Å²) in [7, 11) is 0. The monoisotopic (exact) mass is 371 g/mol. The van der Waals surface area contributed by atoms with Crippen LogP contribution in [0.2, 0.25) is 5.02 Å². The number of thiazole rings is 1. The predicted octanol–water partition coefficient (Wildman–Crippen LogP) is 6.22. The molecule has 0 saturated heterocycles. The Morgan fingerprint density at radius 2 is 1.92 bits per heavy atom. The zero-order valence-electron chi connectivity index (χ0n) is 13.7. The van der Waals surface area contributed by atoms with Crippen molar-refractivity contribution in [1.29, 1.82) is 0 Å². The van der Waals surface area contributed by atoms with Crippen molar-refractivity contribution in [3.05, 3.63) is 69.9 Å². The van der Waals surface area contributed by atoms with E-state index in [-0.39, 0.29) is 5.82 Å². The van der Waals surface area contributed by atoms with Gasteiger partial charge in [0.05, 0.1) is 10.7 Å². The van der Waals surface area contributed by atoms with Gasteiger partial charge in [-0.25, -0.2) is 9.37 Å². The molecule has 2 heterocycles. The molecule has 0 unspecified atom stereocenters. The Bertz CT molecular complexity index is 1060. The van der Waals surface area contributed by atoms with Crippen LogP contribution in [-0.4, -0.2) is 9.38 Å². The summed E-state index contributed by atoms with van der Waals surface area (Å²) >= 11 is 7.90. The third-order valence-corrected chi connectivity index (χ3v) is 5.39. The summed E-state index contributed by atoms with van der Waals surface area (Å²) in [6, 6.07) is 12.4. The van der Waals surface area contributed by atoms with Crippen molar-refractivity contribution in [3.63, 3.8) is 0 Å². The predicted molar refractivity (Wildman–Crippen MR) is 103 cm³/mol. The highest BCUT2D eigenvalue weighted by molar-refractivity contribution is 7.15. The smallest absolute Gasteiger partial charge is 0.196 e. The first-order valence-corrected chi connectivity index (χ1v) is 9.05. The standard InChI is InChI=1S/C19H15ClFN3S/c1-11-6-5-8-14(20)16(11)22-18-17(13-7-3-4-9-15(13)21)23-19-24(18)12(2)10-25-19/h3-10,22H,1-2H3. The zero-order chi connectivity index (χ0) is 17.6. The van der Waals surface area contributed by atoms with E-state index in [4.69, 9.17) is 11.6 Å². The van der Waals surface area contributed by atoms with Gasteiger partial charge in [-0.1, -0.05) is 35.9 Å². The lowest BCUT2D eigenvalue weighted by Crippen LogP contribution is -2.00. The first-order chi connectivity index (χ1) is 12.1. The molecule has 0 amide bonds. The van der Waals surface area contributed by atoms with Crippen molar-refractivity contribution in [2.24, 2.45) is 0 Å². The molecule has 25 heavy (non-hydrogen) atoms. The lowest BCUT2D eigenvalue weighted by atomic mass is 10.1. The van der Waals surface area contributed by atoms with Crippen LogP contribution >= 0.6 is 22.9 Å². The molecule has 4 rings (SSSR count). The van der Waals surface area contributed by atoms with E-state index in [1.54, 1.807) is 12.1 Å². The van der Waals surface area contributed by atoms with Gasteiger partial charge in [-0.05, 0) is 37.6 Å². The van der Waals surface area contributed by atoms with Crippen molar-refractivity contribution in [2.75, 3.05) is 5.32 Å². The van der Waals surface area contributed by atoms with Crippen LogP contribution in [0.5, 0.6) is 0 Å². The van der Waals surface area contributed by atoms with E-state index in [1.165, 1.54) is 17.4 Å². The maximum absolute atomic E-state index is 14.4. The highest BCUT2D eigenvalue weighted by Crippen LogP contribution is 2.37. The fraction of sp³-hybridized carbons (Fsp3) is 0.105. The molecule has 2 aromatic heterocycles. The summed E-state index contributed by atoms with van der Waals surface area (Å²) < 4.78 is 16.4. The number of rotatable bonds is 3. The van der Waals surface area contributed by atoms with Crippen LogP contribution in [-0.2, 0) is 0 Å². The summed E-state index contributed by atoms with van der Waals surface area (Å²) in [5, 5.41) is 6.03. The summed E-state index contributed by atoms with van der Waals surface area (Å²) in [6.07, 6.45) is 0. The second-order valence-corrected chi connectivity index (χ2v) is 7.08. The average Bonchev–Trinajstić information content (AvgIpc) is 3.12. The maximum Gasteiger partial charge on any atom is 0.196 e. The van der Waals surface area contributed by atoms with Crippen molar-refractivity contribution < 1.29 is 4.39 Å². The molecule has 6 heteroatoms. The van der Waals surface area contributed by atoms with E-state index in [9.17, 15) is 4.39 Å². The van der Waals surface area contributed by atoms with E-state index < -0.39 is 0 Å². The van der Waals surface area contributed by atoms with Crippen LogP contribution in [0.25, 0.3) is 16.2 Å². The molecule has 0 aliphatic carbocycles. The number of benzene rings is 2. The number of hydrogen-bond acceptors (Lipinski definition) is 3. The summed E-state index contributed by atoms with van der Waals surface area (Å²) in [4.78, 5) is 5.46. The topological polar surface area (TPSA) is 29.3 Å². The van der Waals surface area contributed by atoms with Crippen molar-refractivity contribution in [3.8, 4) is 11.3 Å². The van der Waals surface area contributed by atoms with Crippen LogP contribution in [0, 0.1) is 19.7 Å². The minimum Gasteiger partial charge on any atom is -0.338 e. The minimum absolute atomic E-state index is 0.301. The van der Waals surface area contributed by atoms with E-state index in [0.717, 1.165) is 27.7 Å². The van der Waals surface area contributed by atoms with Crippen LogP contribution < -0.4 is 5.32 Å². The van der Waals surface area contributed by atoms with Crippen molar-refractivity contribution in [1.82, 2.24) is 9.38 Å². The fourth-order valence-corrected chi connectivity index (χ4v) is 4.00. The third-order valence-electron chi connectivity index (χ3n) is 4.13. The number of aromatic nitrogens is 2. The Balaban J connectivity index is 1.97. The third kappa shape index (κ3) is 2.69. The normalized spacial score (nSPS) is 11.2. The number of nitrogens with one attached hydrogen (secondary N) is 1. The van der Waals surface area contributed by atoms with Crippen LogP contribution in [0.4, 0.5) is 15.9 Å². The van der Waals surface area contributed by atoms with Gasteiger partial charge in [0.15, 0.2) is 4.96 Å². The molecule has 0 radical (unpaired) electrons. The van der Waals surface area contributed by atoms with Crippen LogP contribution in [0.3, 0.4) is 0 Å². The number of aryl methyl sites for hydroxylation is 2. The van der Waals surface area contributed by atoms with E-state index in [1.807, 2.05) is 47.9 Å². The first-order valence-electron chi connectivity index (χ1n) is 7.80. The highest BCUT2D eigenvalue weighted by Gasteiger charge is 2.20. The number of fused-ring (bicyclic) bond motifs is 1. The molecular weight excluding hydrogens is 357 g/mol. The van der Waals surface area contributed by atoms with Gasteiger partial charge in [0.2, 0.25) is 0 Å². The Labute approximate surface area is 153 Å². The number of para-hydroxylation sites is 1. The Kier molecular flexibility index (Phi) is 3.98. The maximum atomic E-state index is 14.4. The van der Waals surface area contributed by atoms with E-state index in [2.05, 4.69) is 10.3 Å². The van der Waals surface area contributed by atoms with Gasteiger partial charge in [0.25, 0.3) is 0 Å². The minimum atomic E-state index is -0.301. The highest BCUT2D eigenvalue weighted by atomic mass is 35.5. The molecular formula is C19H15ClFN3S. The Morgan fingerprint density at radius 1 is 1.12 bits per heavy atom. The Morgan fingerprint density at radius 3 is 2.68 bits per heavy atom. The molecule has 0 fully saturated rings. The lowest BCUT2D eigenvalue weighted by Gasteiger charge is -2.13. The van der Waals surface area contributed by atoms with Crippen molar-refractivity contribution >= 4 is 39.4 Å². The van der Waals surface area contributed by atoms with E-state index >= 15 is 0 Å². The average molecular weight is 372 g/mol. The summed E-state index contributed by atoms with van der Waals surface area (Å²) in [6.45, 7) is 3.98. The molecule has 126 valence electrons. The van der Waals surface area contributed by atoms with Crippen LogP contribution in [0.1, 0.15) is 11.3 Å². The molecule has 0 aliphatic heterocycles. The second kappa shape index (κ2) is 6.17. The molecule has 1 N–H and O–H groups in total. The number of imidazole rings is 1. The molecule has 0 bridgehead atoms. The van der Waals surface area contributed by atoms with Gasteiger partial charge in [-0.15, -0.1) is 11.3 Å². The van der Waals surface area contributed by atoms with Gasteiger partial charge in [0.1, 0.15) is 17.3 Å². The largest absolute Gasteiger partial charge is 0.338 e. The number of nitrogens with zero attached hydrogens (tertiary/aromatic N) is 2. The lowest BCUT2D eigenvalue weighted by molar-refractivity contribution is 0.631. The number of hydrogen-bond donors (Lipinski definition) is 1. The van der Waals surface area contributed by atoms with Gasteiger partial charge < -0.3 is 5.32 Å². The Hall–Kier alpha value is -2.37. The molecule has 0 saturated carbocycles.